The van der Waals surface area contributed by atoms with E-state index >= 15 is 0 Å². The topological polar surface area (TPSA) is 21.3 Å². The second-order valence-electron chi connectivity index (χ2n) is 5.24. The van der Waals surface area contributed by atoms with E-state index in [4.69, 9.17) is 4.74 Å². The molecular weight excluding hydrogens is 234 g/mol. The first-order valence-electron chi connectivity index (χ1n) is 7.71. The molecule has 1 aromatic carbocycles. The van der Waals surface area contributed by atoms with Crippen molar-refractivity contribution in [2.45, 2.75) is 58.9 Å². The molecule has 0 heterocycles. The van der Waals surface area contributed by atoms with E-state index in [9.17, 15) is 0 Å². The Morgan fingerprint density at radius 3 is 2.47 bits per heavy atom. The van der Waals surface area contributed by atoms with Crippen LogP contribution in [0.2, 0.25) is 0 Å². The maximum atomic E-state index is 5.77. The summed E-state index contributed by atoms with van der Waals surface area (Å²) in [7, 11) is 0. The number of benzene rings is 1. The van der Waals surface area contributed by atoms with Crippen LogP contribution in [0.25, 0.3) is 0 Å². The van der Waals surface area contributed by atoms with E-state index in [0.29, 0.717) is 6.04 Å². The summed E-state index contributed by atoms with van der Waals surface area (Å²) in [5.74, 6) is 0.994. The van der Waals surface area contributed by atoms with E-state index in [2.05, 4.69) is 50.4 Å². The zero-order valence-corrected chi connectivity index (χ0v) is 12.7. The zero-order chi connectivity index (χ0) is 13.9. The average Bonchev–Trinajstić information content (AvgIpc) is 2.43. The van der Waals surface area contributed by atoms with Gasteiger partial charge in [-0.3, -0.25) is 0 Å². The summed E-state index contributed by atoms with van der Waals surface area (Å²) < 4.78 is 5.77. The molecule has 0 aromatic heterocycles. The van der Waals surface area contributed by atoms with Gasteiger partial charge < -0.3 is 10.1 Å². The molecule has 0 saturated carbocycles. The molecule has 2 heteroatoms. The van der Waals surface area contributed by atoms with Gasteiger partial charge in [-0.1, -0.05) is 32.4 Å². The first kappa shape index (κ1) is 16.0. The third-order valence-corrected chi connectivity index (χ3v) is 3.26. The van der Waals surface area contributed by atoms with Gasteiger partial charge in [-0.05, 0) is 56.8 Å². The standard InChI is InChI=1S/C17H29NO/c1-4-7-16-9-11-17(12-10-16)19-14-6-8-15(3)18-13-5-2/h9-12,15,18H,4-8,13-14H2,1-3H3. The zero-order valence-electron chi connectivity index (χ0n) is 12.7. The van der Waals surface area contributed by atoms with Crippen molar-refractivity contribution in [2.75, 3.05) is 13.2 Å². The van der Waals surface area contributed by atoms with Gasteiger partial charge in [0.25, 0.3) is 0 Å². The lowest BCUT2D eigenvalue weighted by Crippen LogP contribution is -2.26. The molecule has 0 radical (unpaired) electrons. The summed E-state index contributed by atoms with van der Waals surface area (Å²) >= 11 is 0. The summed E-state index contributed by atoms with van der Waals surface area (Å²) in [5, 5.41) is 3.50. The molecule has 0 bridgehead atoms. The molecule has 1 atom stereocenters. The second-order valence-corrected chi connectivity index (χ2v) is 5.24. The molecule has 1 N–H and O–H groups in total. The number of ether oxygens (including phenoxy) is 1. The molecule has 2 nitrogen and oxygen atoms in total. The summed E-state index contributed by atoms with van der Waals surface area (Å²) in [6, 6.07) is 9.11. The molecule has 1 aromatic rings. The minimum Gasteiger partial charge on any atom is -0.494 e. The Labute approximate surface area is 118 Å². The molecule has 0 aliphatic rings. The van der Waals surface area contributed by atoms with Crippen molar-refractivity contribution in [3.05, 3.63) is 29.8 Å². The second kappa shape index (κ2) is 9.85. The van der Waals surface area contributed by atoms with Crippen LogP contribution < -0.4 is 10.1 Å². The molecule has 0 aliphatic carbocycles. The molecule has 0 aliphatic heterocycles. The largest absolute Gasteiger partial charge is 0.494 e. The molecule has 19 heavy (non-hydrogen) atoms. The van der Waals surface area contributed by atoms with Crippen LogP contribution in [-0.4, -0.2) is 19.2 Å². The van der Waals surface area contributed by atoms with Crippen molar-refractivity contribution in [1.82, 2.24) is 5.32 Å². The van der Waals surface area contributed by atoms with E-state index < -0.39 is 0 Å². The Morgan fingerprint density at radius 1 is 1.11 bits per heavy atom. The van der Waals surface area contributed by atoms with E-state index in [1.54, 1.807) is 0 Å². The highest BCUT2D eigenvalue weighted by atomic mass is 16.5. The Morgan fingerprint density at radius 2 is 1.84 bits per heavy atom. The monoisotopic (exact) mass is 263 g/mol. The van der Waals surface area contributed by atoms with E-state index in [-0.39, 0.29) is 0 Å². The van der Waals surface area contributed by atoms with Gasteiger partial charge in [0.15, 0.2) is 0 Å². The minimum atomic E-state index is 0.593. The van der Waals surface area contributed by atoms with Crippen LogP contribution >= 0.6 is 0 Å². The van der Waals surface area contributed by atoms with Crippen LogP contribution in [-0.2, 0) is 6.42 Å². The highest BCUT2D eigenvalue weighted by Crippen LogP contribution is 2.13. The Kier molecular flexibility index (Phi) is 8.31. The lowest BCUT2D eigenvalue weighted by molar-refractivity contribution is 0.298. The fourth-order valence-electron chi connectivity index (χ4n) is 2.11. The predicted octanol–water partition coefficient (Wildman–Crippen LogP) is 4.19. The van der Waals surface area contributed by atoms with E-state index in [1.807, 2.05) is 0 Å². The molecule has 0 fully saturated rings. The average molecular weight is 263 g/mol. The molecule has 0 saturated heterocycles. The maximum Gasteiger partial charge on any atom is 0.119 e. The first-order chi connectivity index (χ1) is 9.26. The lowest BCUT2D eigenvalue weighted by Gasteiger charge is -2.13. The fraction of sp³-hybridized carbons (Fsp3) is 0.647. The number of hydrogen-bond acceptors (Lipinski definition) is 2. The van der Waals surface area contributed by atoms with Gasteiger partial charge in [-0.25, -0.2) is 0 Å². The summed E-state index contributed by atoms with van der Waals surface area (Å²) in [6.45, 7) is 8.57. The minimum absolute atomic E-state index is 0.593. The van der Waals surface area contributed by atoms with Crippen molar-refractivity contribution in [1.29, 1.82) is 0 Å². The van der Waals surface area contributed by atoms with Gasteiger partial charge in [0.05, 0.1) is 6.61 Å². The third kappa shape index (κ3) is 7.22. The molecule has 108 valence electrons. The smallest absolute Gasteiger partial charge is 0.119 e. The van der Waals surface area contributed by atoms with Crippen molar-refractivity contribution in [3.63, 3.8) is 0 Å². The Bertz CT molecular complexity index is 321. The van der Waals surface area contributed by atoms with Crippen molar-refractivity contribution < 1.29 is 4.74 Å². The van der Waals surface area contributed by atoms with E-state index in [1.165, 1.54) is 24.8 Å². The fourth-order valence-corrected chi connectivity index (χ4v) is 2.11. The lowest BCUT2D eigenvalue weighted by atomic mass is 10.1. The Hall–Kier alpha value is -1.02. The van der Waals surface area contributed by atoms with Gasteiger partial charge in [0, 0.05) is 6.04 Å². The van der Waals surface area contributed by atoms with Gasteiger partial charge in [0.1, 0.15) is 5.75 Å². The van der Waals surface area contributed by atoms with Gasteiger partial charge in [0.2, 0.25) is 0 Å². The number of aryl methyl sites for hydroxylation is 1. The van der Waals surface area contributed by atoms with Gasteiger partial charge in [-0.15, -0.1) is 0 Å². The molecule has 0 amide bonds. The molecule has 1 rings (SSSR count). The van der Waals surface area contributed by atoms with Gasteiger partial charge >= 0.3 is 0 Å². The van der Waals surface area contributed by atoms with Gasteiger partial charge in [-0.2, -0.15) is 0 Å². The van der Waals surface area contributed by atoms with E-state index in [0.717, 1.165) is 31.7 Å². The van der Waals surface area contributed by atoms with Crippen molar-refractivity contribution >= 4 is 0 Å². The number of rotatable bonds is 10. The summed E-state index contributed by atoms with van der Waals surface area (Å²) in [6.07, 6.45) is 5.83. The van der Waals surface area contributed by atoms with Crippen LogP contribution in [0, 0.1) is 0 Å². The predicted molar refractivity (Wildman–Crippen MR) is 82.9 cm³/mol. The van der Waals surface area contributed by atoms with Crippen LogP contribution in [0.3, 0.4) is 0 Å². The summed E-state index contributed by atoms with van der Waals surface area (Å²) in [4.78, 5) is 0. The van der Waals surface area contributed by atoms with Crippen LogP contribution in [0.1, 0.15) is 52.0 Å². The molecule has 1 unspecified atom stereocenters. The first-order valence-corrected chi connectivity index (χ1v) is 7.71. The Balaban J connectivity index is 2.15. The molecular formula is C17H29NO. The number of nitrogens with one attached hydrogen (secondary N) is 1. The normalized spacial score (nSPS) is 12.4. The highest BCUT2D eigenvalue weighted by molar-refractivity contribution is 5.27. The molecule has 0 spiro atoms. The third-order valence-electron chi connectivity index (χ3n) is 3.26. The van der Waals surface area contributed by atoms with Crippen LogP contribution in [0.4, 0.5) is 0 Å². The SMILES string of the molecule is CCCNC(C)CCCOc1ccc(CCC)cc1. The van der Waals surface area contributed by atoms with Crippen molar-refractivity contribution in [2.24, 2.45) is 0 Å². The highest BCUT2D eigenvalue weighted by Gasteiger charge is 2.00. The number of hydrogen-bond donors (Lipinski definition) is 1. The quantitative estimate of drug-likeness (QED) is 0.639. The van der Waals surface area contributed by atoms with Crippen LogP contribution in [0.15, 0.2) is 24.3 Å². The summed E-state index contributed by atoms with van der Waals surface area (Å²) in [5.41, 5.74) is 1.40. The van der Waals surface area contributed by atoms with Crippen LogP contribution in [0.5, 0.6) is 5.75 Å². The van der Waals surface area contributed by atoms with Crippen molar-refractivity contribution in [3.8, 4) is 5.75 Å². The maximum absolute atomic E-state index is 5.77.